The Hall–Kier alpha value is -1.87. The second-order valence-corrected chi connectivity index (χ2v) is 10.3. The molecule has 0 radical (unpaired) electrons. The van der Waals surface area contributed by atoms with Gasteiger partial charge in [0.05, 0.1) is 42.3 Å². The molecule has 0 saturated carbocycles. The number of hydrogen-bond donors (Lipinski definition) is 1. The fraction of sp³-hybridized carbons (Fsp3) is 0.350. The quantitative estimate of drug-likeness (QED) is 0.603. The van der Waals surface area contributed by atoms with Crippen LogP contribution in [0.4, 0.5) is 5.69 Å². The van der Waals surface area contributed by atoms with Gasteiger partial charge in [0.25, 0.3) is 4.84 Å². The van der Waals surface area contributed by atoms with E-state index in [0.717, 1.165) is 42.4 Å². The number of quaternary nitrogens is 1. The Morgan fingerprint density at radius 3 is 2.62 bits per heavy atom. The van der Waals surface area contributed by atoms with Crippen LogP contribution >= 0.6 is 23.8 Å². The van der Waals surface area contributed by atoms with Crippen LogP contribution in [0.15, 0.2) is 51.8 Å². The summed E-state index contributed by atoms with van der Waals surface area (Å²) < 4.78 is 32.1. The van der Waals surface area contributed by atoms with Gasteiger partial charge in [-0.3, -0.25) is 4.57 Å². The number of nitrogens with zero attached hydrogens (tertiary/aromatic N) is 2. The molecule has 4 rings (SSSR count). The van der Waals surface area contributed by atoms with Crippen molar-refractivity contribution in [1.82, 2.24) is 4.57 Å². The molecule has 0 aliphatic carbocycles. The van der Waals surface area contributed by atoms with Gasteiger partial charge in [0.15, 0.2) is 22.1 Å². The minimum absolute atomic E-state index is 0.0633. The Morgan fingerprint density at radius 1 is 1.17 bits per heavy atom. The maximum atomic E-state index is 12.3. The van der Waals surface area contributed by atoms with Crippen LogP contribution in [0.1, 0.15) is 6.92 Å². The summed E-state index contributed by atoms with van der Waals surface area (Å²) in [5, 5.41) is 0.742. The van der Waals surface area contributed by atoms with Crippen molar-refractivity contribution in [2.75, 3.05) is 36.8 Å². The van der Waals surface area contributed by atoms with Crippen molar-refractivity contribution in [3.63, 3.8) is 0 Å². The second kappa shape index (κ2) is 8.10. The highest BCUT2D eigenvalue weighted by Crippen LogP contribution is 2.22. The average Bonchev–Trinajstić information content (AvgIpc) is 3.03. The number of hydrogen-bond acceptors (Lipinski definition) is 5. The van der Waals surface area contributed by atoms with E-state index in [-0.39, 0.29) is 5.75 Å². The van der Waals surface area contributed by atoms with E-state index >= 15 is 0 Å². The molecule has 29 heavy (non-hydrogen) atoms. The largest absolute Gasteiger partial charge is 0.429 e. The molecule has 1 aliphatic heterocycles. The Kier molecular flexibility index (Phi) is 5.70. The van der Waals surface area contributed by atoms with Crippen molar-refractivity contribution in [1.29, 1.82) is 0 Å². The lowest BCUT2D eigenvalue weighted by atomic mass is 10.2. The first-order chi connectivity index (χ1) is 13.9. The SMILES string of the molecule is CCS(=O)(=O)c1ccc2oc(=S)n(C[NH+]3CCN(c4cccc(Cl)c4)CC3)c2c1. The van der Waals surface area contributed by atoms with Crippen molar-refractivity contribution in [2.24, 2.45) is 0 Å². The highest BCUT2D eigenvalue weighted by molar-refractivity contribution is 7.91. The van der Waals surface area contributed by atoms with Gasteiger partial charge in [0.1, 0.15) is 0 Å². The first kappa shape index (κ1) is 20.4. The zero-order valence-electron chi connectivity index (χ0n) is 16.1. The van der Waals surface area contributed by atoms with E-state index in [0.29, 0.717) is 22.0 Å². The Bertz CT molecular complexity index is 1200. The number of aromatic nitrogens is 1. The lowest BCUT2D eigenvalue weighted by molar-refractivity contribution is -0.923. The molecule has 1 fully saturated rings. The predicted octanol–water partition coefficient (Wildman–Crippen LogP) is 2.77. The molecular formula is C20H23ClN3O3S2+. The molecule has 0 spiro atoms. The number of fused-ring (bicyclic) bond motifs is 1. The van der Waals surface area contributed by atoms with E-state index in [1.807, 2.05) is 22.8 Å². The lowest BCUT2D eigenvalue weighted by Crippen LogP contribution is -3.14. The van der Waals surface area contributed by atoms with Crippen LogP contribution in [0.3, 0.4) is 0 Å². The van der Waals surface area contributed by atoms with Crippen LogP contribution in [0.2, 0.25) is 5.02 Å². The minimum atomic E-state index is -3.28. The van der Waals surface area contributed by atoms with E-state index in [4.69, 9.17) is 28.2 Å². The number of rotatable bonds is 5. The van der Waals surface area contributed by atoms with Crippen molar-refractivity contribution < 1.29 is 17.7 Å². The predicted molar refractivity (Wildman–Crippen MR) is 117 cm³/mol. The highest BCUT2D eigenvalue weighted by atomic mass is 35.5. The molecule has 1 aromatic heterocycles. The molecule has 1 N–H and O–H groups in total. The first-order valence-electron chi connectivity index (χ1n) is 9.57. The summed E-state index contributed by atoms with van der Waals surface area (Å²) >= 11 is 11.5. The molecule has 1 saturated heterocycles. The van der Waals surface area contributed by atoms with Crippen molar-refractivity contribution in [2.45, 2.75) is 18.5 Å². The maximum absolute atomic E-state index is 12.3. The van der Waals surface area contributed by atoms with Crippen LogP contribution in [-0.2, 0) is 16.5 Å². The third kappa shape index (κ3) is 4.21. The summed E-state index contributed by atoms with van der Waals surface area (Å²) in [7, 11) is -3.28. The molecule has 9 heteroatoms. The Morgan fingerprint density at radius 2 is 1.93 bits per heavy atom. The maximum Gasteiger partial charge on any atom is 0.274 e. The molecule has 3 aromatic rings. The monoisotopic (exact) mass is 452 g/mol. The summed E-state index contributed by atoms with van der Waals surface area (Å²) in [4.78, 5) is 4.37. The summed E-state index contributed by atoms with van der Waals surface area (Å²) in [5.41, 5.74) is 2.48. The zero-order chi connectivity index (χ0) is 20.6. The topological polar surface area (TPSA) is 59.9 Å². The number of benzene rings is 2. The van der Waals surface area contributed by atoms with Crippen LogP contribution in [0, 0.1) is 4.84 Å². The molecule has 0 atom stereocenters. The van der Waals surface area contributed by atoms with Gasteiger partial charge < -0.3 is 14.2 Å². The van der Waals surface area contributed by atoms with E-state index in [2.05, 4.69) is 11.0 Å². The summed E-state index contributed by atoms with van der Waals surface area (Å²) in [6, 6.07) is 12.9. The number of anilines is 1. The fourth-order valence-electron chi connectivity index (χ4n) is 3.69. The van der Waals surface area contributed by atoms with Gasteiger partial charge in [-0.05, 0) is 48.6 Å². The Balaban J connectivity index is 1.53. The molecule has 0 bridgehead atoms. The fourth-order valence-corrected chi connectivity index (χ4v) is 5.02. The molecular weight excluding hydrogens is 430 g/mol. The highest BCUT2D eigenvalue weighted by Gasteiger charge is 2.23. The van der Waals surface area contributed by atoms with Gasteiger partial charge in [-0.2, -0.15) is 0 Å². The zero-order valence-corrected chi connectivity index (χ0v) is 18.5. The van der Waals surface area contributed by atoms with Crippen molar-refractivity contribution in [3.05, 3.63) is 52.3 Å². The average molecular weight is 453 g/mol. The third-order valence-corrected chi connectivity index (χ3v) is 7.67. The molecule has 0 unspecified atom stereocenters. The van der Waals surface area contributed by atoms with Crippen LogP contribution in [0.5, 0.6) is 0 Å². The molecule has 1 aliphatic rings. The van der Waals surface area contributed by atoms with Gasteiger partial charge in [-0.15, -0.1) is 0 Å². The summed E-state index contributed by atoms with van der Waals surface area (Å²) in [6.07, 6.45) is 0. The van der Waals surface area contributed by atoms with Gasteiger partial charge in [0.2, 0.25) is 0 Å². The van der Waals surface area contributed by atoms with Crippen molar-refractivity contribution in [3.8, 4) is 0 Å². The van der Waals surface area contributed by atoms with Crippen LogP contribution < -0.4 is 9.80 Å². The number of halogens is 1. The Labute approximate surface area is 180 Å². The first-order valence-corrected chi connectivity index (χ1v) is 12.0. The van der Waals surface area contributed by atoms with Gasteiger partial charge in [-0.1, -0.05) is 24.6 Å². The summed E-state index contributed by atoms with van der Waals surface area (Å²) in [6.45, 7) is 5.99. The van der Waals surface area contributed by atoms with Gasteiger partial charge in [0, 0.05) is 10.7 Å². The molecule has 154 valence electrons. The normalized spacial score (nSPS) is 15.9. The minimum Gasteiger partial charge on any atom is -0.429 e. The molecule has 0 amide bonds. The molecule has 2 heterocycles. The second-order valence-electron chi connectivity index (χ2n) is 7.20. The number of nitrogens with one attached hydrogen (secondary N) is 1. The van der Waals surface area contributed by atoms with Gasteiger partial charge >= 0.3 is 0 Å². The molecule has 6 nitrogen and oxygen atoms in total. The van der Waals surface area contributed by atoms with E-state index in [1.54, 1.807) is 25.1 Å². The summed E-state index contributed by atoms with van der Waals surface area (Å²) in [5.74, 6) is 0.0633. The lowest BCUT2D eigenvalue weighted by Gasteiger charge is -2.33. The third-order valence-electron chi connectivity index (χ3n) is 5.40. The number of oxazole rings is 1. The van der Waals surface area contributed by atoms with Crippen molar-refractivity contribution >= 4 is 50.4 Å². The standard InChI is InChI=1S/C20H22ClN3O3S2/c1-2-29(25,26)17-6-7-19-18(13-17)24(20(28)27-19)14-22-8-10-23(11-9-22)16-5-3-4-15(21)12-16/h3-7,12-13H,2,8-11,14H2,1H3/p+1. The molecule has 2 aromatic carbocycles. The van der Waals surface area contributed by atoms with Crippen LogP contribution in [0.25, 0.3) is 11.1 Å². The van der Waals surface area contributed by atoms with Crippen LogP contribution in [-0.4, -0.2) is 44.9 Å². The smallest absolute Gasteiger partial charge is 0.274 e. The van der Waals surface area contributed by atoms with E-state index in [1.165, 1.54) is 4.90 Å². The number of sulfone groups is 1. The van der Waals surface area contributed by atoms with Gasteiger partial charge in [-0.25, -0.2) is 8.42 Å². The van der Waals surface area contributed by atoms with E-state index in [9.17, 15) is 8.42 Å². The number of piperazine rings is 1. The van der Waals surface area contributed by atoms with E-state index < -0.39 is 9.84 Å².